The third kappa shape index (κ3) is 1.56. The zero-order valence-corrected chi connectivity index (χ0v) is 6.61. The lowest BCUT2D eigenvalue weighted by atomic mass is 10.3. The summed E-state index contributed by atoms with van der Waals surface area (Å²) in [4.78, 5) is 11.4. The molecule has 2 heterocycles. The van der Waals surface area contributed by atoms with Crippen molar-refractivity contribution in [3.63, 3.8) is 0 Å². The number of amides is 1. The highest BCUT2D eigenvalue weighted by Crippen LogP contribution is 2.04. The first-order chi connectivity index (χ1) is 6.36. The van der Waals surface area contributed by atoms with Crippen LogP contribution in [0, 0.1) is 0 Å². The Morgan fingerprint density at radius 2 is 2.00 bits per heavy atom. The Morgan fingerprint density at radius 3 is 2.62 bits per heavy atom. The smallest absolute Gasteiger partial charge is 0.258 e. The van der Waals surface area contributed by atoms with E-state index in [1.807, 2.05) is 0 Å². The predicted octanol–water partition coefficient (Wildman–Crippen LogP) is 0.385. The Hall–Kier alpha value is -2.11. The minimum Gasteiger partial charge on any atom is -0.319 e. The van der Waals surface area contributed by atoms with E-state index < -0.39 is 0 Å². The molecular weight excluding hydrogens is 170 g/mol. The average Bonchev–Trinajstić information content (AvgIpc) is 2.74. The van der Waals surface area contributed by atoms with E-state index in [1.165, 1.54) is 18.6 Å². The number of nitrogens with zero attached hydrogens (tertiary/aromatic N) is 2. The number of anilines is 1. The summed E-state index contributed by atoms with van der Waals surface area (Å²) in [6.45, 7) is 0. The van der Waals surface area contributed by atoms with Crippen LogP contribution in [0.15, 0.2) is 24.8 Å². The minimum atomic E-state index is -0.213. The van der Waals surface area contributed by atoms with Crippen LogP contribution in [0.1, 0.15) is 10.4 Å². The predicted molar refractivity (Wildman–Crippen MR) is 45.1 cm³/mol. The molecule has 0 atom stereocenters. The number of hydrogen-bond donors (Lipinski definition) is 3. The number of aromatic amines is 2. The summed E-state index contributed by atoms with van der Waals surface area (Å²) in [6.07, 6.45) is 6.10. The van der Waals surface area contributed by atoms with Gasteiger partial charge in [0.05, 0.1) is 23.6 Å². The second-order valence-electron chi connectivity index (χ2n) is 2.43. The Bertz CT molecular complexity index is 377. The van der Waals surface area contributed by atoms with Crippen molar-refractivity contribution >= 4 is 11.6 Å². The van der Waals surface area contributed by atoms with Crippen molar-refractivity contribution in [2.24, 2.45) is 0 Å². The van der Waals surface area contributed by atoms with Gasteiger partial charge in [0, 0.05) is 12.4 Å². The van der Waals surface area contributed by atoms with Gasteiger partial charge in [-0.25, -0.2) is 0 Å². The van der Waals surface area contributed by atoms with E-state index in [-0.39, 0.29) is 5.91 Å². The van der Waals surface area contributed by atoms with Gasteiger partial charge in [-0.1, -0.05) is 0 Å². The van der Waals surface area contributed by atoms with E-state index in [2.05, 4.69) is 25.7 Å². The molecule has 3 N–H and O–H groups in total. The Labute approximate surface area is 73.4 Å². The van der Waals surface area contributed by atoms with Crippen LogP contribution in [0.4, 0.5) is 5.69 Å². The first-order valence-corrected chi connectivity index (χ1v) is 3.65. The van der Waals surface area contributed by atoms with E-state index in [9.17, 15) is 4.79 Å². The Morgan fingerprint density at radius 1 is 1.23 bits per heavy atom. The number of hydrogen-bond acceptors (Lipinski definition) is 3. The third-order valence-corrected chi connectivity index (χ3v) is 1.52. The highest BCUT2D eigenvalue weighted by molar-refractivity contribution is 6.03. The van der Waals surface area contributed by atoms with Crippen LogP contribution in [-0.4, -0.2) is 26.3 Å². The molecule has 2 aromatic heterocycles. The van der Waals surface area contributed by atoms with Gasteiger partial charge in [-0.05, 0) is 0 Å². The summed E-state index contributed by atoms with van der Waals surface area (Å²) in [5.41, 5.74) is 1.12. The number of nitrogens with one attached hydrogen (secondary N) is 3. The fourth-order valence-corrected chi connectivity index (χ4v) is 0.898. The molecule has 0 saturated carbocycles. The third-order valence-electron chi connectivity index (χ3n) is 1.52. The van der Waals surface area contributed by atoms with Crippen molar-refractivity contribution in [1.82, 2.24) is 20.4 Å². The average molecular weight is 177 g/mol. The maximum atomic E-state index is 11.4. The summed E-state index contributed by atoms with van der Waals surface area (Å²) in [7, 11) is 0. The van der Waals surface area contributed by atoms with Crippen LogP contribution < -0.4 is 5.32 Å². The maximum Gasteiger partial charge on any atom is 0.258 e. The van der Waals surface area contributed by atoms with Gasteiger partial charge in [0.15, 0.2) is 0 Å². The largest absolute Gasteiger partial charge is 0.319 e. The number of carbonyl (C=O) groups is 1. The number of H-pyrrole nitrogens is 2. The quantitative estimate of drug-likeness (QED) is 0.620. The molecule has 2 aromatic rings. The molecule has 0 fully saturated rings. The highest BCUT2D eigenvalue weighted by atomic mass is 16.1. The first kappa shape index (κ1) is 7.53. The van der Waals surface area contributed by atoms with Gasteiger partial charge >= 0.3 is 0 Å². The summed E-state index contributed by atoms with van der Waals surface area (Å²) < 4.78 is 0. The SMILES string of the molecule is O=C(Nc1cn[nH]c1)c1cn[nH]c1. The topological polar surface area (TPSA) is 86.5 Å². The highest BCUT2D eigenvalue weighted by Gasteiger charge is 2.06. The van der Waals surface area contributed by atoms with E-state index >= 15 is 0 Å². The fraction of sp³-hybridized carbons (Fsp3) is 0. The van der Waals surface area contributed by atoms with Crippen molar-refractivity contribution in [1.29, 1.82) is 0 Å². The standard InChI is InChI=1S/C7H7N5O/c13-7(5-1-8-9-2-5)12-6-3-10-11-4-6/h1-4H,(H,8,9)(H,10,11)(H,12,13). The summed E-state index contributed by atoms with van der Waals surface area (Å²) in [6, 6.07) is 0. The van der Waals surface area contributed by atoms with Crippen LogP contribution in [0.3, 0.4) is 0 Å². The van der Waals surface area contributed by atoms with Crippen molar-refractivity contribution in [2.75, 3.05) is 5.32 Å². The molecule has 6 nitrogen and oxygen atoms in total. The molecular formula is C7H7N5O. The molecule has 0 bridgehead atoms. The Balaban J connectivity index is 2.08. The minimum absolute atomic E-state index is 0.213. The Kier molecular flexibility index (Phi) is 1.79. The van der Waals surface area contributed by atoms with E-state index in [4.69, 9.17) is 0 Å². The van der Waals surface area contributed by atoms with Gasteiger partial charge in [0.2, 0.25) is 0 Å². The van der Waals surface area contributed by atoms with Gasteiger partial charge in [0.25, 0.3) is 5.91 Å². The monoisotopic (exact) mass is 177 g/mol. The number of carbonyl (C=O) groups excluding carboxylic acids is 1. The van der Waals surface area contributed by atoms with Gasteiger partial charge in [-0.2, -0.15) is 10.2 Å². The van der Waals surface area contributed by atoms with Crippen LogP contribution in [0.2, 0.25) is 0 Å². The lowest BCUT2D eigenvalue weighted by molar-refractivity contribution is 0.102. The molecule has 0 aliphatic heterocycles. The molecule has 13 heavy (non-hydrogen) atoms. The van der Waals surface area contributed by atoms with Crippen molar-refractivity contribution in [3.8, 4) is 0 Å². The van der Waals surface area contributed by atoms with Gasteiger partial charge in [-0.3, -0.25) is 15.0 Å². The van der Waals surface area contributed by atoms with Crippen molar-refractivity contribution < 1.29 is 4.79 Å². The van der Waals surface area contributed by atoms with Gasteiger partial charge in [-0.15, -0.1) is 0 Å². The molecule has 6 heteroatoms. The van der Waals surface area contributed by atoms with Crippen LogP contribution in [0.25, 0.3) is 0 Å². The van der Waals surface area contributed by atoms with Crippen molar-refractivity contribution in [3.05, 3.63) is 30.4 Å². The van der Waals surface area contributed by atoms with Crippen LogP contribution >= 0.6 is 0 Å². The van der Waals surface area contributed by atoms with Gasteiger partial charge in [0.1, 0.15) is 0 Å². The van der Waals surface area contributed by atoms with Crippen LogP contribution in [0.5, 0.6) is 0 Å². The molecule has 0 aromatic carbocycles. The maximum absolute atomic E-state index is 11.4. The van der Waals surface area contributed by atoms with E-state index in [0.29, 0.717) is 11.3 Å². The van der Waals surface area contributed by atoms with E-state index in [0.717, 1.165) is 0 Å². The molecule has 1 amide bonds. The lowest BCUT2D eigenvalue weighted by Gasteiger charge is -1.96. The molecule has 0 radical (unpaired) electrons. The molecule has 0 aliphatic rings. The van der Waals surface area contributed by atoms with Crippen molar-refractivity contribution in [2.45, 2.75) is 0 Å². The summed E-state index contributed by atoms with van der Waals surface area (Å²) >= 11 is 0. The second-order valence-corrected chi connectivity index (χ2v) is 2.43. The molecule has 66 valence electrons. The molecule has 0 aliphatic carbocycles. The molecule has 0 saturated heterocycles. The lowest BCUT2D eigenvalue weighted by Crippen LogP contribution is -2.10. The second kappa shape index (κ2) is 3.10. The summed E-state index contributed by atoms with van der Waals surface area (Å²) in [5, 5.41) is 15.1. The number of rotatable bonds is 2. The summed E-state index contributed by atoms with van der Waals surface area (Å²) in [5.74, 6) is -0.213. The zero-order chi connectivity index (χ0) is 9.10. The zero-order valence-electron chi connectivity index (χ0n) is 6.61. The van der Waals surface area contributed by atoms with E-state index in [1.54, 1.807) is 6.20 Å². The van der Waals surface area contributed by atoms with Gasteiger partial charge < -0.3 is 5.32 Å². The molecule has 2 rings (SSSR count). The molecule has 0 unspecified atom stereocenters. The normalized spacial score (nSPS) is 9.85. The van der Waals surface area contributed by atoms with Crippen LogP contribution in [-0.2, 0) is 0 Å². The fourth-order valence-electron chi connectivity index (χ4n) is 0.898. The molecule has 0 spiro atoms. The first-order valence-electron chi connectivity index (χ1n) is 3.65. The number of aromatic nitrogens is 4.